The number of hydrogen-bond donors (Lipinski definition) is 0. The largest absolute Gasteiger partial charge is 0.466 e. The maximum Gasteiger partial charge on any atom is 0.330 e. The van der Waals surface area contributed by atoms with Crippen LogP contribution in [0.4, 0.5) is 0 Å². The van der Waals surface area contributed by atoms with E-state index < -0.39 is 5.97 Å². The molecule has 0 spiro atoms. The lowest BCUT2D eigenvalue weighted by Gasteiger charge is -2.04. The number of ether oxygens (including phenoxy) is 3. The molecule has 222 valence electrons. The molecule has 0 unspecified atom stereocenters. The molecule has 0 amide bonds. The van der Waals surface area contributed by atoms with Gasteiger partial charge in [-0.25, -0.2) is 14.4 Å². The van der Waals surface area contributed by atoms with Gasteiger partial charge in [0.25, 0.3) is 0 Å². The summed E-state index contributed by atoms with van der Waals surface area (Å²) in [5, 5.41) is 0. The smallest absolute Gasteiger partial charge is 0.330 e. The Kier molecular flexibility index (Phi) is 38.8. The van der Waals surface area contributed by atoms with Gasteiger partial charge in [0.2, 0.25) is 0 Å². The van der Waals surface area contributed by atoms with Gasteiger partial charge in [-0.05, 0) is 12.8 Å². The molecule has 0 bridgehead atoms. The molecule has 0 aromatic carbocycles. The number of carbonyl (C=O) groups is 3. The Morgan fingerprint density at radius 2 is 0.763 bits per heavy atom. The highest BCUT2D eigenvalue weighted by Gasteiger charge is 1.96. The SMILES string of the molecule is C=CC(=O)OC.C=CC(=O)OCCCC.C=CC(=O)OCCCCCCCCCCCCCCCCCC. The molecule has 38 heavy (non-hydrogen) atoms. The van der Waals surface area contributed by atoms with Crippen LogP contribution in [0.15, 0.2) is 38.0 Å². The molecule has 0 heterocycles. The zero-order valence-electron chi connectivity index (χ0n) is 24.9. The Balaban J connectivity index is -0.000000665. The summed E-state index contributed by atoms with van der Waals surface area (Å²) in [5.41, 5.74) is 0. The molecule has 0 aliphatic carbocycles. The molecule has 0 aromatic heterocycles. The molecule has 0 saturated carbocycles. The van der Waals surface area contributed by atoms with Gasteiger partial charge < -0.3 is 14.2 Å². The predicted octanol–water partition coefficient (Wildman–Crippen LogP) is 8.84. The first-order chi connectivity index (χ1) is 18.4. The van der Waals surface area contributed by atoms with Crippen molar-refractivity contribution in [2.45, 2.75) is 129 Å². The van der Waals surface area contributed by atoms with Gasteiger partial charge in [0.1, 0.15) is 0 Å². The summed E-state index contributed by atoms with van der Waals surface area (Å²) in [5.74, 6) is -1.02. The van der Waals surface area contributed by atoms with Crippen LogP contribution in [0.25, 0.3) is 0 Å². The van der Waals surface area contributed by atoms with Crippen LogP contribution in [-0.2, 0) is 28.6 Å². The van der Waals surface area contributed by atoms with Crippen molar-refractivity contribution in [1.82, 2.24) is 0 Å². The lowest BCUT2D eigenvalue weighted by molar-refractivity contribution is -0.138. The Morgan fingerprint density at radius 3 is 1.03 bits per heavy atom. The first-order valence-corrected chi connectivity index (χ1v) is 14.7. The van der Waals surface area contributed by atoms with E-state index in [-0.39, 0.29) is 11.9 Å². The highest BCUT2D eigenvalue weighted by atomic mass is 16.5. The van der Waals surface area contributed by atoms with Crippen molar-refractivity contribution in [1.29, 1.82) is 0 Å². The summed E-state index contributed by atoms with van der Waals surface area (Å²) in [6, 6.07) is 0. The van der Waals surface area contributed by atoms with Crippen LogP contribution in [0, 0.1) is 0 Å². The monoisotopic (exact) mass is 538 g/mol. The number of esters is 3. The molecule has 0 aliphatic heterocycles. The van der Waals surface area contributed by atoms with Crippen molar-refractivity contribution in [3.05, 3.63) is 38.0 Å². The van der Waals surface area contributed by atoms with E-state index in [1.807, 2.05) is 6.92 Å². The fourth-order valence-corrected chi connectivity index (χ4v) is 3.34. The molecule has 0 atom stereocenters. The third-order valence-corrected chi connectivity index (χ3v) is 5.69. The molecule has 0 radical (unpaired) electrons. The Hall–Kier alpha value is -2.37. The van der Waals surface area contributed by atoms with Crippen molar-refractivity contribution in [2.24, 2.45) is 0 Å². The van der Waals surface area contributed by atoms with Crippen molar-refractivity contribution in [2.75, 3.05) is 20.3 Å². The lowest BCUT2D eigenvalue weighted by atomic mass is 10.0. The van der Waals surface area contributed by atoms with Gasteiger partial charge in [0.05, 0.1) is 20.3 Å². The second-order valence-corrected chi connectivity index (χ2v) is 9.13. The number of rotatable bonds is 23. The van der Waals surface area contributed by atoms with Crippen LogP contribution >= 0.6 is 0 Å². The molecule has 6 nitrogen and oxygen atoms in total. The van der Waals surface area contributed by atoms with Crippen molar-refractivity contribution < 1.29 is 28.6 Å². The number of hydrogen-bond acceptors (Lipinski definition) is 6. The standard InChI is InChI=1S/C21H40O2.C7H12O2.C4H6O2/c1-3-5-6-7-8-9-10-11-12-13-14-15-16-17-18-19-20-23-21(22)4-2;1-3-5-6-9-7(8)4-2;1-3-4(5)6-2/h4H,2-3,5-20H2,1H3;4H,2-3,5-6H2,1H3;3H,1H2,2H3. The minimum absolute atomic E-state index is 0.300. The summed E-state index contributed by atoms with van der Waals surface area (Å²) < 4.78 is 13.8. The molecule has 0 aliphatic rings. The number of unbranched alkanes of at least 4 members (excludes halogenated alkanes) is 16. The second kappa shape index (κ2) is 36.8. The summed E-state index contributed by atoms with van der Waals surface area (Å²) in [4.78, 5) is 31.0. The summed E-state index contributed by atoms with van der Waals surface area (Å²) >= 11 is 0. The molecule has 0 aromatic rings. The van der Waals surface area contributed by atoms with E-state index in [2.05, 4.69) is 36.1 Å². The van der Waals surface area contributed by atoms with Crippen LogP contribution < -0.4 is 0 Å². The lowest BCUT2D eigenvalue weighted by Crippen LogP contribution is -2.01. The van der Waals surface area contributed by atoms with Crippen molar-refractivity contribution in [3.63, 3.8) is 0 Å². The van der Waals surface area contributed by atoms with Crippen LogP contribution in [0.2, 0.25) is 0 Å². The first-order valence-electron chi connectivity index (χ1n) is 14.7. The zero-order valence-corrected chi connectivity index (χ0v) is 24.9. The predicted molar refractivity (Wildman–Crippen MR) is 159 cm³/mol. The highest BCUT2D eigenvalue weighted by Crippen LogP contribution is 2.13. The normalized spacial score (nSPS) is 9.55. The Bertz CT molecular complexity index is 570. The van der Waals surface area contributed by atoms with Gasteiger partial charge in [-0.2, -0.15) is 0 Å². The third kappa shape index (κ3) is 40.8. The Morgan fingerprint density at radius 1 is 0.474 bits per heavy atom. The highest BCUT2D eigenvalue weighted by molar-refractivity contribution is 5.81. The second-order valence-electron chi connectivity index (χ2n) is 9.13. The van der Waals surface area contributed by atoms with Crippen LogP contribution in [-0.4, -0.2) is 38.2 Å². The molecule has 0 saturated heterocycles. The first kappa shape index (κ1) is 40.1. The summed E-state index contributed by atoms with van der Waals surface area (Å²) in [6.07, 6.45) is 27.2. The van der Waals surface area contributed by atoms with E-state index in [0.717, 1.165) is 25.3 Å². The van der Waals surface area contributed by atoms with Gasteiger partial charge >= 0.3 is 17.9 Å². The van der Waals surface area contributed by atoms with Gasteiger partial charge in [0.15, 0.2) is 0 Å². The fourth-order valence-electron chi connectivity index (χ4n) is 3.34. The molecule has 0 rings (SSSR count). The topological polar surface area (TPSA) is 78.9 Å². The minimum Gasteiger partial charge on any atom is -0.466 e. The third-order valence-electron chi connectivity index (χ3n) is 5.69. The Labute approximate surface area is 234 Å². The average molecular weight is 539 g/mol. The van der Waals surface area contributed by atoms with E-state index in [9.17, 15) is 14.4 Å². The zero-order chi connectivity index (χ0) is 29.1. The quantitative estimate of drug-likeness (QED) is 0.0559. The van der Waals surface area contributed by atoms with Crippen LogP contribution in [0.5, 0.6) is 0 Å². The van der Waals surface area contributed by atoms with Crippen molar-refractivity contribution in [3.8, 4) is 0 Å². The number of carbonyl (C=O) groups excluding carboxylic acids is 3. The van der Waals surface area contributed by atoms with E-state index >= 15 is 0 Å². The van der Waals surface area contributed by atoms with E-state index in [1.54, 1.807) is 0 Å². The van der Waals surface area contributed by atoms with Gasteiger partial charge in [-0.1, -0.05) is 136 Å². The summed E-state index contributed by atoms with van der Waals surface area (Å²) in [6.45, 7) is 15.2. The fraction of sp³-hybridized carbons (Fsp3) is 0.719. The van der Waals surface area contributed by atoms with Gasteiger partial charge in [-0.3, -0.25) is 0 Å². The molecular weight excluding hydrogens is 480 g/mol. The average Bonchev–Trinajstić information content (AvgIpc) is 2.94. The van der Waals surface area contributed by atoms with Crippen LogP contribution in [0.3, 0.4) is 0 Å². The van der Waals surface area contributed by atoms with Gasteiger partial charge in [-0.15, -0.1) is 0 Å². The molecule has 0 fully saturated rings. The summed E-state index contributed by atoms with van der Waals surface area (Å²) in [7, 11) is 1.31. The number of methoxy groups -OCH3 is 1. The van der Waals surface area contributed by atoms with Crippen LogP contribution in [0.1, 0.15) is 129 Å². The molecule has 6 heteroatoms. The minimum atomic E-state index is -0.394. The molecular formula is C32H58O6. The maximum absolute atomic E-state index is 10.8. The van der Waals surface area contributed by atoms with Gasteiger partial charge in [0, 0.05) is 18.2 Å². The van der Waals surface area contributed by atoms with E-state index in [0.29, 0.717) is 13.2 Å². The molecule has 0 N–H and O–H groups in total. The van der Waals surface area contributed by atoms with Crippen molar-refractivity contribution >= 4 is 17.9 Å². The van der Waals surface area contributed by atoms with E-state index in [4.69, 9.17) is 4.74 Å². The maximum atomic E-state index is 10.8. The van der Waals surface area contributed by atoms with E-state index in [1.165, 1.54) is 116 Å².